The van der Waals surface area contributed by atoms with Crippen molar-refractivity contribution in [1.29, 1.82) is 0 Å². The zero-order valence-electron chi connectivity index (χ0n) is 17.7. The molecule has 1 amide bonds. The summed E-state index contributed by atoms with van der Waals surface area (Å²) in [5.41, 5.74) is 0.532. The minimum absolute atomic E-state index is 0.0508. The summed E-state index contributed by atoms with van der Waals surface area (Å²) in [4.78, 5) is 15.3. The van der Waals surface area contributed by atoms with Crippen molar-refractivity contribution >= 4 is 15.9 Å². The number of pyridine rings is 1. The second-order valence-electron chi connectivity index (χ2n) is 7.77. The Hall–Kier alpha value is -2.54. The van der Waals surface area contributed by atoms with E-state index in [2.05, 4.69) is 4.98 Å². The van der Waals surface area contributed by atoms with Gasteiger partial charge in [-0.25, -0.2) is 12.8 Å². The fourth-order valence-corrected chi connectivity index (χ4v) is 4.66. The predicted molar refractivity (Wildman–Crippen MR) is 113 cm³/mol. The lowest BCUT2D eigenvalue weighted by Gasteiger charge is -2.44. The quantitative estimate of drug-likeness (QED) is 0.491. The summed E-state index contributed by atoms with van der Waals surface area (Å²) < 4.78 is 62.8. The van der Waals surface area contributed by atoms with Gasteiger partial charge in [0.05, 0.1) is 17.5 Å². The number of amides is 1. The Bertz CT molecular complexity index is 1080. The van der Waals surface area contributed by atoms with Crippen LogP contribution in [-0.4, -0.2) is 71.8 Å². The van der Waals surface area contributed by atoms with Crippen molar-refractivity contribution in [3.05, 3.63) is 53.9 Å². The van der Waals surface area contributed by atoms with Crippen molar-refractivity contribution in [3.8, 4) is 11.1 Å². The van der Waals surface area contributed by atoms with Gasteiger partial charge < -0.3 is 15.5 Å². The van der Waals surface area contributed by atoms with Crippen LogP contribution in [0.15, 0.2) is 42.6 Å². The number of sulfonamides is 1. The van der Waals surface area contributed by atoms with Crippen LogP contribution in [0.2, 0.25) is 0 Å². The highest BCUT2D eigenvalue weighted by molar-refractivity contribution is 7.89. The largest absolute Gasteiger partial charge is 0.386 e. The van der Waals surface area contributed by atoms with E-state index in [1.165, 1.54) is 29.6 Å². The fourth-order valence-electron chi connectivity index (χ4n) is 3.47. The van der Waals surface area contributed by atoms with Gasteiger partial charge in [-0.05, 0) is 24.1 Å². The molecular formula is C21H24F3N3O5S. The highest BCUT2D eigenvalue weighted by Gasteiger charge is 2.48. The molecule has 33 heavy (non-hydrogen) atoms. The van der Waals surface area contributed by atoms with E-state index in [1.54, 1.807) is 29.6 Å². The standard InChI is InChI=1S/C21H24F3N3O5S/c1-2-33(31,32)27-11-21(30,12-27)17-8-7-15(10-25-17)13-3-5-14(6-4-13)18(28)16(9-22)26-20(29)19(23)24/h3-8,10,16,18-19,28,30H,2,9,11-12H2,1H3,(H,26,29)/t16-,18-/m1/s1. The maximum absolute atomic E-state index is 13.2. The molecule has 0 aliphatic carbocycles. The molecule has 0 spiro atoms. The van der Waals surface area contributed by atoms with Gasteiger partial charge in [0, 0.05) is 24.8 Å². The lowest BCUT2D eigenvalue weighted by molar-refractivity contribution is -0.133. The molecule has 8 nitrogen and oxygen atoms in total. The monoisotopic (exact) mass is 487 g/mol. The van der Waals surface area contributed by atoms with E-state index >= 15 is 0 Å². The molecule has 180 valence electrons. The Morgan fingerprint density at radius 2 is 1.79 bits per heavy atom. The van der Waals surface area contributed by atoms with Gasteiger partial charge in [0.1, 0.15) is 18.4 Å². The maximum Gasteiger partial charge on any atom is 0.315 e. The first-order valence-corrected chi connectivity index (χ1v) is 11.7. The number of nitrogens with zero attached hydrogens (tertiary/aromatic N) is 2. The smallest absolute Gasteiger partial charge is 0.315 e. The summed E-state index contributed by atoms with van der Waals surface area (Å²) >= 11 is 0. The number of hydrogen-bond donors (Lipinski definition) is 3. The molecule has 1 aliphatic heterocycles. The molecule has 1 fully saturated rings. The Labute approximate surface area is 189 Å². The molecule has 12 heteroatoms. The van der Waals surface area contributed by atoms with Crippen molar-refractivity contribution in [2.45, 2.75) is 31.1 Å². The van der Waals surface area contributed by atoms with Crippen LogP contribution in [0.4, 0.5) is 13.2 Å². The SMILES string of the molecule is CCS(=O)(=O)N1CC(O)(c2ccc(-c3ccc([C@@H](O)[C@@H](CF)NC(=O)C(F)F)cc3)cn2)C1. The normalized spacial score (nSPS) is 17.9. The summed E-state index contributed by atoms with van der Waals surface area (Å²) in [7, 11) is -3.38. The number of alkyl halides is 3. The van der Waals surface area contributed by atoms with E-state index in [0.29, 0.717) is 16.8 Å². The van der Waals surface area contributed by atoms with Gasteiger partial charge in [0.25, 0.3) is 5.91 Å². The van der Waals surface area contributed by atoms with Crippen LogP contribution in [0.25, 0.3) is 11.1 Å². The van der Waals surface area contributed by atoms with Gasteiger partial charge in [-0.1, -0.05) is 30.3 Å². The summed E-state index contributed by atoms with van der Waals surface area (Å²) in [6.45, 7) is 0.160. The first-order valence-electron chi connectivity index (χ1n) is 10.1. The molecule has 1 aliphatic rings. The Balaban J connectivity index is 1.68. The Morgan fingerprint density at radius 3 is 2.27 bits per heavy atom. The molecule has 0 radical (unpaired) electrons. The number of aromatic nitrogens is 1. The minimum atomic E-state index is -3.38. The van der Waals surface area contributed by atoms with E-state index in [0.717, 1.165) is 0 Å². The summed E-state index contributed by atoms with van der Waals surface area (Å²) in [5, 5.41) is 22.6. The molecule has 3 rings (SSSR count). The number of benzene rings is 1. The van der Waals surface area contributed by atoms with Crippen LogP contribution in [0.3, 0.4) is 0 Å². The van der Waals surface area contributed by atoms with Crippen LogP contribution >= 0.6 is 0 Å². The minimum Gasteiger partial charge on any atom is -0.386 e. The van der Waals surface area contributed by atoms with E-state index in [9.17, 15) is 36.6 Å². The molecular weight excluding hydrogens is 463 g/mol. The summed E-state index contributed by atoms with van der Waals surface area (Å²) in [5.74, 6) is -1.71. The third kappa shape index (κ3) is 5.35. The van der Waals surface area contributed by atoms with E-state index in [1.807, 2.05) is 0 Å². The van der Waals surface area contributed by atoms with Crippen LogP contribution in [0, 0.1) is 0 Å². The lowest BCUT2D eigenvalue weighted by Crippen LogP contribution is -2.61. The topological polar surface area (TPSA) is 120 Å². The molecule has 2 aromatic rings. The molecule has 1 aromatic heterocycles. The Kier molecular flexibility index (Phi) is 7.42. The van der Waals surface area contributed by atoms with Crippen molar-refractivity contribution < 1.29 is 36.6 Å². The molecule has 2 heterocycles. The second kappa shape index (κ2) is 9.75. The molecule has 2 atom stereocenters. The highest BCUT2D eigenvalue weighted by atomic mass is 32.2. The fraction of sp³-hybridized carbons (Fsp3) is 0.429. The number of carbonyl (C=O) groups is 1. The summed E-state index contributed by atoms with van der Waals surface area (Å²) in [6.07, 6.45) is -3.34. The zero-order valence-corrected chi connectivity index (χ0v) is 18.5. The molecule has 0 saturated carbocycles. The molecule has 1 aromatic carbocycles. The first-order chi connectivity index (χ1) is 15.5. The Morgan fingerprint density at radius 1 is 1.18 bits per heavy atom. The van der Waals surface area contributed by atoms with Crippen LogP contribution in [0.1, 0.15) is 24.3 Å². The van der Waals surface area contributed by atoms with Crippen LogP contribution < -0.4 is 5.32 Å². The van der Waals surface area contributed by atoms with Gasteiger partial charge in [-0.3, -0.25) is 9.78 Å². The second-order valence-corrected chi connectivity index (χ2v) is 10.0. The average molecular weight is 488 g/mol. The number of β-amino-alcohol motifs (C(OH)–C–C–N with tert-alkyl or cyclic N) is 1. The van der Waals surface area contributed by atoms with Crippen molar-refractivity contribution in [1.82, 2.24) is 14.6 Å². The maximum atomic E-state index is 13.2. The third-order valence-corrected chi connectivity index (χ3v) is 7.31. The number of carbonyl (C=O) groups excluding carboxylic acids is 1. The van der Waals surface area contributed by atoms with Gasteiger partial charge >= 0.3 is 6.43 Å². The highest BCUT2D eigenvalue weighted by Crippen LogP contribution is 2.33. The van der Waals surface area contributed by atoms with Gasteiger partial charge in [0.2, 0.25) is 10.0 Å². The lowest BCUT2D eigenvalue weighted by atomic mass is 9.92. The molecule has 1 saturated heterocycles. The van der Waals surface area contributed by atoms with Crippen LogP contribution in [-0.2, 0) is 20.4 Å². The number of aliphatic hydroxyl groups excluding tert-OH is 1. The zero-order chi connectivity index (χ0) is 24.4. The van der Waals surface area contributed by atoms with Crippen molar-refractivity contribution in [2.24, 2.45) is 0 Å². The van der Waals surface area contributed by atoms with Crippen molar-refractivity contribution in [2.75, 3.05) is 25.5 Å². The third-order valence-electron chi connectivity index (χ3n) is 5.53. The number of nitrogens with one attached hydrogen (secondary N) is 1. The van der Waals surface area contributed by atoms with Gasteiger partial charge in [-0.2, -0.15) is 13.1 Å². The van der Waals surface area contributed by atoms with Gasteiger partial charge in [-0.15, -0.1) is 0 Å². The molecule has 0 unspecified atom stereocenters. The van der Waals surface area contributed by atoms with E-state index in [4.69, 9.17) is 0 Å². The predicted octanol–water partition coefficient (Wildman–Crippen LogP) is 1.35. The van der Waals surface area contributed by atoms with Gasteiger partial charge in [0.15, 0.2) is 0 Å². The molecule has 0 bridgehead atoms. The van der Waals surface area contributed by atoms with E-state index < -0.39 is 46.8 Å². The number of aliphatic hydroxyl groups is 2. The number of halogens is 3. The number of rotatable bonds is 9. The number of hydrogen-bond acceptors (Lipinski definition) is 6. The first kappa shape index (κ1) is 25.1. The molecule has 3 N–H and O–H groups in total. The van der Waals surface area contributed by atoms with Crippen molar-refractivity contribution in [3.63, 3.8) is 0 Å². The summed E-state index contributed by atoms with van der Waals surface area (Å²) in [6, 6.07) is 7.91. The van der Waals surface area contributed by atoms with E-state index in [-0.39, 0.29) is 24.4 Å². The average Bonchev–Trinajstić information content (AvgIpc) is 2.80. The van der Waals surface area contributed by atoms with Crippen LogP contribution in [0.5, 0.6) is 0 Å².